The molecule has 1 aromatic heterocycles. The number of hydrogen-bond acceptors (Lipinski definition) is 3. The zero-order chi connectivity index (χ0) is 13.1. The number of hydrogen-bond donors (Lipinski definition) is 1. The van der Waals surface area contributed by atoms with Gasteiger partial charge in [0.2, 0.25) is 5.91 Å². The van der Waals surface area contributed by atoms with Crippen molar-refractivity contribution in [1.29, 1.82) is 0 Å². The van der Waals surface area contributed by atoms with Crippen LogP contribution in [0.25, 0.3) is 10.9 Å². The van der Waals surface area contributed by atoms with Crippen molar-refractivity contribution < 1.29 is 4.79 Å². The summed E-state index contributed by atoms with van der Waals surface area (Å²) in [5, 5.41) is 2.95. The van der Waals surface area contributed by atoms with Gasteiger partial charge in [-0.05, 0) is 12.1 Å². The molecule has 1 amide bonds. The maximum atomic E-state index is 12.2. The van der Waals surface area contributed by atoms with Gasteiger partial charge in [0.25, 0.3) is 5.56 Å². The third-order valence-electron chi connectivity index (χ3n) is 2.64. The number of fused-ring (bicyclic) bond motifs is 1. The number of carbonyl (C=O) groups excluding carboxylic acids is 1. The topological polar surface area (TPSA) is 64.0 Å². The molecule has 0 atom stereocenters. The first kappa shape index (κ1) is 12.6. The zero-order valence-electron chi connectivity index (χ0n) is 9.81. The molecule has 0 spiro atoms. The van der Waals surface area contributed by atoms with Gasteiger partial charge in [0, 0.05) is 7.05 Å². The Morgan fingerprint density at radius 2 is 2.17 bits per heavy atom. The van der Waals surface area contributed by atoms with Crippen LogP contribution in [0, 0.1) is 0 Å². The number of nitrogens with one attached hydrogen (secondary N) is 1. The molecule has 1 heterocycles. The van der Waals surface area contributed by atoms with Crippen LogP contribution in [0.4, 0.5) is 0 Å². The number of amides is 1. The maximum Gasteiger partial charge on any atom is 0.261 e. The van der Waals surface area contributed by atoms with Crippen molar-refractivity contribution in [2.24, 2.45) is 0 Å². The van der Waals surface area contributed by atoms with Gasteiger partial charge in [-0.3, -0.25) is 14.2 Å². The Bertz CT molecular complexity index is 651. The van der Waals surface area contributed by atoms with Crippen LogP contribution < -0.4 is 10.9 Å². The van der Waals surface area contributed by atoms with Gasteiger partial charge in [0.1, 0.15) is 12.4 Å². The number of rotatable bonds is 3. The van der Waals surface area contributed by atoms with E-state index in [-0.39, 0.29) is 23.9 Å². The smallest absolute Gasteiger partial charge is 0.261 e. The second-order valence-electron chi connectivity index (χ2n) is 3.74. The van der Waals surface area contributed by atoms with Gasteiger partial charge in [-0.15, -0.1) is 11.6 Å². The molecule has 6 heteroatoms. The fourth-order valence-electron chi connectivity index (χ4n) is 1.70. The lowest BCUT2D eigenvalue weighted by atomic mass is 10.2. The van der Waals surface area contributed by atoms with E-state index in [0.29, 0.717) is 16.7 Å². The van der Waals surface area contributed by atoms with Crippen LogP contribution >= 0.6 is 11.6 Å². The normalized spacial score (nSPS) is 10.6. The van der Waals surface area contributed by atoms with Crippen LogP contribution in [0.3, 0.4) is 0 Å². The Morgan fingerprint density at radius 3 is 2.83 bits per heavy atom. The molecule has 94 valence electrons. The highest BCUT2D eigenvalue weighted by molar-refractivity contribution is 6.16. The molecule has 1 aromatic carbocycles. The molecule has 0 unspecified atom stereocenters. The van der Waals surface area contributed by atoms with Crippen molar-refractivity contribution in [3.05, 3.63) is 40.4 Å². The highest BCUT2D eigenvalue weighted by atomic mass is 35.5. The summed E-state index contributed by atoms with van der Waals surface area (Å²) >= 11 is 5.78. The van der Waals surface area contributed by atoms with Crippen LogP contribution in [0.2, 0.25) is 0 Å². The largest absolute Gasteiger partial charge is 0.358 e. The van der Waals surface area contributed by atoms with Crippen molar-refractivity contribution in [3.8, 4) is 0 Å². The first-order chi connectivity index (χ1) is 8.67. The quantitative estimate of drug-likeness (QED) is 0.838. The lowest BCUT2D eigenvalue weighted by Gasteiger charge is -2.10. The van der Waals surface area contributed by atoms with Crippen molar-refractivity contribution in [1.82, 2.24) is 14.9 Å². The van der Waals surface area contributed by atoms with Crippen LogP contribution in [0.5, 0.6) is 0 Å². The second kappa shape index (κ2) is 5.18. The van der Waals surface area contributed by atoms with E-state index >= 15 is 0 Å². The average Bonchev–Trinajstić information content (AvgIpc) is 2.41. The number of nitrogens with zero attached hydrogens (tertiary/aromatic N) is 2. The van der Waals surface area contributed by atoms with E-state index < -0.39 is 0 Å². The number of alkyl halides is 1. The van der Waals surface area contributed by atoms with Gasteiger partial charge in [0.15, 0.2) is 0 Å². The minimum absolute atomic E-state index is 0.0742. The summed E-state index contributed by atoms with van der Waals surface area (Å²) in [6, 6.07) is 6.99. The van der Waals surface area contributed by atoms with Gasteiger partial charge in [-0.25, -0.2) is 4.98 Å². The monoisotopic (exact) mass is 265 g/mol. The van der Waals surface area contributed by atoms with E-state index in [0.717, 1.165) is 0 Å². The number of halogens is 1. The molecule has 2 aromatic rings. The molecule has 18 heavy (non-hydrogen) atoms. The molecule has 5 nitrogen and oxygen atoms in total. The molecule has 0 radical (unpaired) electrons. The highest BCUT2D eigenvalue weighted by Gasteiger charge is 2.12. The van der Waals surface area contributed by atoms with Crippen molar-refractivity contribution in [2.75, 3.05) is 7.05 Å². The number of benzene rings is 1. The average molecular weight is 266 g/mol. The van der Waals surface area contributed by atoms with Crippen molar-refractivity contribution in [3.63, 3.8) is 0 Å². The summed E-state index contributed by atoms with van der Waals surface area (Å²) in [6.07, 6.45) is 0. The van der Waals surface area contributed by atoms with E-state index in [1.54, 1.807) is 24.3 Å². The molecule has 0 saturated carbocycles. The molecule has 0 saturated heterocycles. The Labute approximate surface area is 108 Å². The minimum Gasteiger partial charge on any atom is -0.358 e. The van der Waals surface area contributed by atoms with Gasteiger partial charge >= 0.3 is 0 Å². The summed E-state index contributed by atoms with van der Waals surface area (Å²) in [5.41, 5.74) is 0.339. The summed E-state index contributed by atoms with van der Waals surface area (Å²) in [7, 11) is 1.52. The van der Waals surface area contributed by atoms with E-state index in [1.807, 2.05) is 0 Å². The lowest BCUT2D eigenvalue weighted by Crippen LogP contribution is -2.32. The predicted octanol–water partition coefficient (Wildman–Crippen LogP) is 0.881. The number of para-hydroxylation sites is 1. The van der Waals surface area contributed by atoms with E-state index in [9.17, 15) is 9.59 Å². The van der Waals surface area contributed by atoms with Gasteiger partial charge in [-0.1, -0.05) is 12.1 Å². The number of aromatic nitrogens is 2. The van der Waals surface area contributed by atoms with Crippen LogP contribution in [-0.4, -0.2) is 22.5 Å². The third kappa shape index (κ3) is 2.22. The maximum absolute atomic E-state index is 12.2. The Kier molecular flexibility index (Phi) is 3.62. The lowest BCUT2D eigenvalue weighted by molar-refractivity contribution is -0.121. The first-order valence-electron chi connectivity index (χ1n) is 5.42. The molecule has 0 aliphatic rings. The Balaban J connectivity index is 2.66. The van der Waals surface area contributed by atoms with Crippen LogP contribution in [0.15, 0.2) is 29.1 Å². The van der Waals surface area contributed by atoms with Crippen LogP contribution in [-0.2, 0) is 17.2 Å². The molecule has 2 rings (SSSR count). The molecule has 0 aliphatic carbocycles. The summed E-state index contributed by atoms with van der Waals surface area (Å²) < 4.78 is 1.30. The Hall–Kier alpha value is -1.88. The first-order valence-corrected chi connectivity index (χ1v) is 5.96. The van der Waals surface area contributed by atoms with Gasteiger partial charge < -0.3 is 5.32 Å². The second-order valence-corrected chi connectivity index (χ2v) is 4.01. The summed E-state index contributed by atoms with van der Waals surface area (Å²) in [6.45, 7) is -0.0742. The summed E-state index contributed by atoms with van der Waals surface area (Å²) in [4.78, 5) is 27.9. The molecular weight excluding hydrogens is 254 g/mol. The highest BCUT2D eigenvalue weighted by Crippen LogP contribution is 2.09. The van der Waals surface area contributed by atoms with E-state index in [1.165, 1.54) is 11.6 Å². The number of likely N-dealkylation sites (N-methyl/N-ethyl adjacent to an activating group) is 1. The molecule has 0 aliphatic heterocycles. The fourth-order valence-corrected chi connectivity index (χ4v) is 1.91. The minimum atomic E-state index is -0.263. The Morgan fingerprint density at radius 1 is 1.44 bits per heavy atom. The standard InChI is InChI=1S/C12H12ClN3O2/c1-14-11(17)7-16-10(6-13)15-9-5-3-2-4-8(9)12(16)18/h2-5H,6-7H2,1H3,(H,14,17). The predicted molar refractivity (Wildman–Crippen MR) is 69.6 cm³/mol. The SMILES string of the molecule is CNC(=O)Cn1c(CCl)nc2ccccc2c1=O. The van der Waals surface area contributed by atoms with Crippen molar-refractivity contribution >= 4 is 28.4 Å². The van der Waals surface area contributed by atoms with Gasteiger partial charge in [0.05, 0.1) is 16.8 Å². The summed E-state index contributed by atoms with van der Waals surface area (Å²) in [5.74, 6) is 0.210. The fraction of sp³-hybridized carbons (Fsp3) is 0.250. The van der Waals surface area contributed by atoms with Crippen LogP contribution in [0.1, 0.15) is 5.82 Å². The third-order valence-corrected chi connectivity index (χ3v) is 2.88. The van der Waals surface area contributed by atoms with Crippen molar-refractivity contribution in [2.45, 2.75) is 12.4 Å². The van der Waals surface area contributed by atoms with Gasteiger partial charge in [-0.2, -0.15) is 0 Å². The zero-order valence-corrected chi connectivity index (χ0v) is 10.6. The molecule has 0 bridgehead atoms. The number of carbonyl (C=O) groups is 1. The van der Waals surface area contributed by atoms with E-state index in [2.05, 4.69) is 10.3 Å². The van der Waals surface area contributed by atoms with E-state index in [4.69, 9.17) is 11.6 Å². The molecule has 1 N–H and O–H groups in total. The molecular formula is C12H12ClN3O2. The molecule has 0 fully saturated rings.